The Morgan fingerprint density at radius 1 is 1.37 bits per heavy atom. The molecule has 0 aliphatic carbocycles. The molecule has 0 aromatic rings. The molecule has 0 radical (unpaired) electrons. The number of sulfone groups is 1. The normalized spacial score (nSPS) is 35.9. The summed E-state index contributed by atoms with van der Waals surface area (Å²) in [7, 11) is -2.79. The highest BCUT2D eigenvalue weighted by molar-refractivity contribution is 7.91. The second-order valence-corrected chi connectivity index (χ2v) is 8.69. The lowest BCUT2D eigenvalue weighted by Gasteiger charge is -2.45. The number of rotatable bonds is 4. The van der Waals surface area contributed by atoms with Crippen LogP contribution in [0, 0.1) is 5.92 Å². The van der Waals surface area contributed by atoms with Gasteiger partial charge >= 0.3 is 0 Å². The van der Waals surface area contributed by atoms with Crippen LogP contribution in [0.25, 0.3) is 0 Å². The van der Waals surface area contributed by atoms with Gasteiger partial charge in [0.2, 0.25) is 0 Å². The van der Waals surface area contributed by atoms with Crippen molar-refractivity contribution >= 4 is 9.84 Å². The number of nitrogens with zero attached hydrogens (tertiary/aromatic N) is 1. The lowest BCUT2D eigenvalue weighted by atomic mass is 9.95. The average molecular weight is 288 g/mol. The number of hydrogen-bond acceptors (Lipinski definition) is 4. The molecule has 0 saturated carbocycles. The Balaban J connectivity index is 2.07. The highest BCUT2D eigenvalue weighted by Gasteiger charge is 2.39. The molecule has 3 atom stereocenters. The Labute approximate surface area is 117 Å². The van der Waals surface area contributed by atoms with E-state index in [2.05, 4.69) is 31.0 Å². The molecule has 2 heterocycles. The summed E-state index contributed by atoms with van der Waals surface area (Å²) in [6, 6.07) is 1.26. The summed E-state index contributed by atoms with van der Waals surface area (Å²) in [6.45, 7) is 8.70. The standard InChI is InChI=1S/C14H28N2O2S/c1-4-5-12-9-16(14(8-15-12)11(2)3)13-6-7-19(17,18)10-13/h11-15H,4-10H2,1-3H3. The zero-order valence-electron chi connectivity index (χ0n) is 12.4. The summed E-state index contributed by atoms with van der Waals surface area (Å²) in [4.78, 5) is 2.49. The van der Waals surface area contributed by atoms with Crippen LogP contribution in [0.1, 0.15) is 40.0 Å². The highest BCUT2D eigenvalue weighted by Crippen LogP contribution is 2.25. The lowest BCUT2D eigenvalue weighted by Crippen LogP contribution is -2.61. The van der Waals surface area contributed by atoms with Gasteiger partial charge in [-0.25, -0.2) is 8.42 Å². The van der Waals surface area contributed by atoms with Gasteiger partial charge < -0.3 is 5.32 Å². The minimum atomic E-state index is -2.79. The molecule has 2 saturated heterocycles. The summed E-state index contributed by atoms with van der Waals surface area (Å²) < 4.78 is 23.5. The fourth-order valence-corrected chi connectivity index (χ4v) is 5.22. The maximum Gasteiger partial charge on any atom is 0.151 e. The highest BCUT2D eigenvalue weighted by atomic mass is 32.2. The van der Waals surface area contributed by atoms with Crippen molar-refractivity contribution in [1.29, 1.82) is 0 Å². The quantitative estimate of drug-likeness (QED) is 0.846. The summed E-state index contributed by atoms with van der Waals surface area (Å²) in [6.07, 6.45) is 3.19. The minimum Gasteiger partial charge on any atom is -0.311 e. The SMILES string of the molecule is CCCC1CN(C2CCS(=O)(=O)C2)C(C(C)C)CN1. The van der Waals surface area contributed by atoms with Crippen LogP contribution in [0.15, 0.2) is 0 Å². The molecule has 0 aromatic carbocycles. The molecule has 0 amide bonds. The van der Waals surface area contributed by atoms with Crippen LogP contribution in [0.3, 0.4) is 0 Å². The van der Waals surface area contributed by atoms with Crippen molar-refractivity contribution in [3.8, 4) is 0 Å². The maximum atomic E-state index is 11.7. The molecule has 112 valence electrons. The molecule has 2 aliphatic heterocycles. The first-order valence-electron chi connectivity index (χ1n) is 7.62. The predicted molar refractivity (Wildman–Crippen MR) is 79.1 cm³/mol. The van der Waals surface area contributed by atoms with Gasteiger partial charge in [-0.1, -0.05) is 27.2 Å². The van der Waals surface area contributed by atoms with Gasteiger partial charge in [0, 0.05) is 31.2 Å². The molecule has 2 aliphatic rings. The van der Waals surface area contributed by atoms with Crippen LogP contribution in [0.2, 0.25) is 0 Å². The van der Waals surface area contributed by atoms with E-state index in [0.29, 0.717) is 29.5 Å². The molecule has 1 N–H and O–H groups in total. The van der Waals surface area contributed by atoms with Crippen LogP contribution in [-0.2, 0) is 9.84 Å². The second kappa shape index (κ2) is 6.10. The van der Waals surface area contributed by atoms with E-state index in [1.165, 1.54) is 12.8 Å². The molecule has 5 heteroatoms. The van der Waals surface area contributed by atoms with Crippen molar-refractivity contribution in [2.24, 2.45) is 5.92 Å². The van der Waals surface area contributed by atoms with E-state index in [4.69, 9.17) is 0 Å². The first-order valence-corrected chi connectivity index (χ1v) is 9.44. The van der Waals surface area contributed by atoms with Gasteiger partial charge in [-0.15, -0.1) is 0 Å². The van der Waals surface area contributed by atoms with Gasteiger partial charge in [-0.2, -0.15) is 0 Å². The summed E-state index contributed by atoms with van der Waals surface area (Å²) in [5.41, 5.74) is 0. The third kappa shape index (κ3) is 3.70. The van der Waals surface area contributed by atoms with E-state index in [9.17, 15) is 8.42 Å². The average Bonchev–Trinajstić information content (AvgIpc) is 2.69. The van der Waals surface area contributed by atoms with Crippen molar-refractivity contribution in [2.45, 2.75) is 58.2 Å². The Kier molecular flexibility index (Phi) is 4.90. The molecule has 19 heavy (non-hydrogen) atoms. The van der Waals surface area contributed by atoms with E-state index in [1.807, 2.05) is 0 Å². The van der Waals surface area contributed by atoms with Gasteiger partial charge in [-0.3, -0.25) is 4.90 Å². The number of hydrogen-bond donors (Lipinski definition) is 1. The molecule has 0 bridgehead atoms. The topological polar surface area (TPSA) is 49.4 Å². The zero-order valence-corrected chi connectivity index (χ0v) is 13.2. The van der Waals surface area contributed by atoms with Crippen LogP contribution in [0.4, 0.5) is 0 Å². The fraction of sp³-hybridized carbons (Fsp3) is 1.00. The van der Waals surface area contributed by atoms with Crippen molar-refractivity contribution in [3.63, 3.8) is 0 Å². The third-order valence-electron chi connectivity index (χ3n) is 4.56. The monoisotopic (exact) mass is 288 g/mol. The largest absolute Gasteiger partial charge is 0.311 e. The summed E-state index contributed by atoms with van der Waals surface area (Å²) >= 11 is 0. The predicted octanol–water partition coefficient (Wildman–Crippen LogP) is 1.27. The van der Waals surface area contributed by atoms with Gasteiger partial charge in [0.15, 0.2) is 9.84 Å². The van der Waals surface area contributed by atoms with Gasteiger partial charge in [0.05, 0.1) is 11.5 Å². The Morgan fingerprint density at radius 3 is 2.63 bits per heavy atom. The van der Waals surface area contributed by atoms with Crippen molar-refractivity contribution in [2.75, 3.05) is 24.6 Å². The van der Waals surface area contributed by atoms with Crippen LogP contribution in [0.5, 0.6) is 0 Å². The van der Waals surface area contributed by atoms with Crippen LogP contribution < -0.4 is 5.32 Å². The van der Waals surface area contributed by atoms with Crippen molar-refractivity contribution < 1.29 is 8.42 Å². The summed E-state index contributed by atoms with van der Waals surface area (Å²) in [5, 5.41) is 3.63. The molecule has 3 unspecified atom stereocenters. The van der Waals surface area contributed by atoms with Crippen molar-refractivity contribution in [1.82, 2.24) is 10.2 Å². The van der Waals surface area contributed by atoms with Gasteiger partial charge in [-0.05, 0) is 18.8 Å². The molecule has 4 nitrogen and oxygen atoms in total. The van der Waals surface area contributed by atoms with E-state index in [1.54, 1.807) is 0 Å². The molecule has 2 rings (SSSR count). The van der Waals surface area contributed by atoms with E-state index >= 15 is 0 Å². The second-order valence-electron chi connectivity index (χ2n) is 6.46. The molecule has 0 aromatic heterocycles. The van der Waals surface area contributed by atoms with Gasteiger partial charge in [0.25, 0.3) is 0 Å². The van der Waals surface area contributed by atoms with E-state index in [-0.39, 0.29) is 6.04 Å². The molecular formula is C14H28N2O2S. The maximum absolute atomic E-state index is 11.7. The summed E-state index contributed by atoms with van der Waals surface area (Å²) in [5.74, 6) is 1.32. The van der Waals surface area contributed by atoms with Crippen molar-refractivity contribution in [3.05, 3.63) is 0 Å². The molecule has 0 spiro atoms. The van der Waals surface area contributed by atoms with Crippen LogP contribution in [-0.4, -0.2) is 56.0 Å². The first-order chi connectivity index (χ1) is 8.93. The lowest BCUT2D eigenvalue weighted by molar-refractivity contribution is 0.0628. The van der Waals surface area contributed by atoms with E-state index in [0.717, 1.165) is 19.5 Å². The first kappa shape index (κ1) is 15.3. The minimum absolute atomic E-state index is 0.249. The Bertz CT molecular complexity index is 394. The molecular weight excluding hydrogens is 260 g/mol. The Hall–Kier alpha value is -0.130. The zero-order chi connectivity index (χ0) is 14.0. The van der Waals surface area contributed by atoms with Crippen LogP contribution >= 0.6 is 0 Å². The number of nitrogens with one attached hydrogen (secondary N) is 1. The Morgan fingerprint density at radius 2 is 2.11 bits per heavy atom. The fourth-order valence-electron chi connectivity index (χ4n) is 3.48. The third-order valence-corrected chi connectivity index (χ3v) is 6.31. The van der Waals surface area contributed by atoms with E-state index < -0.39 is 9.84 Å². The van der Waals surface area contributed by atoms with Gasteiger partial charge in [0.1, 0.15) is 0 Å². The smallest absolute Gasteiger partial charge is 0.151 e. The number of piperazine rings is 1. The molecule has 2 fully saturated rings.